The van der Waals surface area contributed by atoms with Crippen molar-refractivity contribution in [3.05, 3.63) is 6.33 Å². The summed E-state index contributed by atoms with van der Waals surface area (Å²) in [5.74, 6) is 7.00. The van der Waals surface area contributed by atoms with Crippen LogP contribution < -0.4 is 21.3 Å². The van der Waals surface area contributed by atoms with Crippen LogP contribution in [0.5, 0.6) is 5.75 Å². The number of fused-ring (bicyclic) bond motifs is 1. The molecule has 2 fully saturated rings. The Bertz CT molecular complexity index is 486. The van der Waals surface area contributed by atoms with Crippen LogP contribution in [0.4, 0.5) is 11.6 Å². The molecule has 2 unspecified atom stereocenters. The Kier molecular flexibility index (Phi) is 4.37. The van der Waals surface area contributed by atoms with Gasteiger partial charge in [0, 0.05) is 19.1 Å². The zero-order valence-corrected chi connectivity index (χ0v) is 12.2. The summed E-state index contributed by atoms with van der Waals surface area (Å²) in [5, 5.41) is 3.27. The number of hydrogen-bond acceptors (Lipinski definition) is 8. The molecule has 8 nitrogen and oxygen atoms in total. The highest BCUT2D eigenvalue weighted by molar-refractivity contribution is 5.63. The third-order valence-electron chi connectivity index (χ3n) is 4.10. The molecule has 0 radical (unpaired) electrons. The number of anilines is 2. The van der Waals surface area contributed by atoms with Crippen LogP contribution in [0, 0.1) is 0 Å². The molecule has 2 aliphatic heterocycles. The van der Waals surface area contributed by atoms with Crippen molar-refractivity contribution in [1.82, 2.24) is 14.9 Å². The van der Waals surface area contributed by atoms with Crippen molar-refractivity contribution >= 4 is 11.6 Å². The van der Waals surface area contributed by atoms with Gasteiger partial charge in [0.1, 0.15) is 6.33 Å². The first-order chi connectivity index (χ1) is 10.3. The molecule has 116 valence electrons. The van der Waals surface area contributed by atoms with Crippen LogP contribution in [-0.2, 0) is 4.74 Å². The SMILES string of the molecule is COc1c(NN)ncnc1NCC1CN2CCCC2CO1. The molecule has 1 aromatic rings. The third kappa shape index (κ3) is 3.02. The van der Waals surface area contributed by atoms with Gasteiger partial charge in [-0.05, 0) is 19.4 Å². The van der Waals surface area contributed by atoms with E-state index >= 15 is 0 Å². The quantitative estimate of drug-likeness (QED) is 0.517. The van der Waals surface area contributed by atoms with Gasteiger partial charge in [-0.1, -0.05) is 0 Å². The van der Waals surface area contributed by atoms with Crippen molar-refractivity contribution in [1.29, 1.82) is 0 Å². The van der Waals surface area contributed by atoms with Crippen LogP contribution in [0.1, 0.15) is 12.8 Å². The highest BCUT2D eigenvalue weighted by Crippen LogP contribution is 2.28. The number of morpholine rings is 1. The van der Waals surface area contributed by atoms with Gasteiger partial charge in [-0.2, -0.15) is 0 Å². The molecule has 0 spiro atoms. The molecule has 8 heteroatoms. The first-order valence-electron chi connectivity index (χ1n) is 7.27. The van der Waals surface area contributed by atoms with E-state index in [2.05, 4.69) is 25.6 Å². The Morgan fingerprint density at radius 2 is 2.33 bits per heavy atom. The minimum atomic E-state index is 0.160. The predicted octanol–water partition coefficient (Wildman–Crippen LogP) is 0.0459. The summed E-state index contributed by atoms with van der Waals surface area (Å²) in [4.78, 5) is 10.7. The standard InChI is InChI=1S/C13H22N6O2/c1-20-11-12(16-8-17-13(11)18-14)15-5-10-6-19-4-2-3-9(19)7-21-10/h8-10H,2-7,14H2,1H3,(H2,15,16,17,18). The van der Waals surface area contributed by atoms with E-state index in [0.717, 1.165) is 13.2 Å². The monoisotopic (exact) mass is 294 g/mol. The number of rotatable bonds is 5. The number of nitrogens with zero attached hydrogens (tertiary/aromatic N) is 3. The van der Waals surface area contributed by atoms with Crippen molar-refractivity contribution in [2.45, 2.75) is 25.0 Å². The predicted molar refractivity (Wildman–Crippen MR) is 79.2 cm³/mol. The number of nitrogens with two attached hydrogens (primary N) is 1. The second-order valence-electron chi connectivity index (χ2n) is 5.38. The number of nitrogen functional groups attached to an aromatic ring is 1. The zero-order valence-electron chi connectivity index (χ0n) is 12.2. The Hall–Kier alpha value is -1.64. The van der Waals surface area contributed by atoms with Crippen molar-refractivity contribution in [3.63, 3.8) is 0 Å². The highest BCUT2D eigenvalue weighted by Gasteiger charge is 2.32. The van der Waals surface area contributed by atoms with E-state index in [-0.39, 0.29) is 6.10 Å². The molecule has 2 saturated heterocycles. The summed E-state index contributed by atoms with van der Waals surface area (Å²) in [6, 6.07) is 0.614. The van der Waals surface area contributed by atoms with Gasteiger partial charge >= 0.3 is 0 Å². The third-order valence-corrected chi connectivity index (χ3v) is 4.10. The maximum Gasteiger partial charge on any atom is 0.205 e. The van der Waals surface area contributed by atoms with E-state index in [0.29, 0.717) is 30.0 Å². The van der Waals surface area contributed by atoms with Crippen LogP contribution in [0.15, 0.2) is 6.33 Å². The number of nitrogens with one attached hydrogen (secondary N) is 2. The van der Waals surface area contributed by atoms with E-state index in [1.807, 2.05) is 0 Å². The molecular weight excluding hydrogens is 272 g/mol. The average Bonchev–Trinajstić information content (AvgIpc) is 2.99. The summed E-state index contributed by atoms with van der Waals surface area (Å²) < 4.78 is 11.2. The van der Waals surface area contributed by atoms with E-state index < -0.39 is 0 Å². The lowest BCUT2D eigenvalue weighted by Gasteiger charge is -2.35. The van der Waals surface area contributed by atoms with E-state index in [9.17, 15) is 0 Å². The van der Waals surface area contributed by atoms with Gasteiger partial charge in [0.05, 0.1) is 19.8 Å². The second-order valence-corrected chi connectivity index (χ2v) is 5.38. The fraction of sp³-hybridized carbons (Fsp3) is 0.692. The second kappa shape index (κ2) is 6.42. The van der Waals surface area contributed by atoms with Gasteiger partial charge in [-0.25, -0.2) is 15.8 Å². The summed E-state index contributed by atoms with van der Waals surface area (Å²) >= 11 is 0. The Labute approximate surface area is 124 Å². The molecule has 1 aromatic heterocycles. The van der Waals surface area contributed by atoms with Crippen LogP contribution in [0.3, 0.4) is 0 Å². The molecule has 0 bridgehead atoms. The molecule has 0 saturated carbocycles. The molecule has 4 N–H and O–H groups in total. The molecule has 0 aromatic carbocycles. The largest absolute Gasteiger partial charge is 0.490 e. The van der Waals surface area contributed by atoms with Crippen LogP contribution >= 0.6 is 0 Å². The first kappa shape index (κ1) is 14.3. The maximum atomic E-state index is 5.91. The van der Waals surface area contributed by atoms with Crippen LogP contribution in [0.25, 0.3) is 0 Å². The molecule has 21 heavy (non-hydrogen) atoms. The van der Waals surface area contributed by atoms with Gasteiger partial charge < -0.3 is 20.2 Å². The summed E-state index contributed by atoms with van der Waals surface area (Å²) in [5.41, 5.74) is 2.50. The number of hydrazine groups is 1. The van der Waals surface area contributed by atoms with Crippen LogP contribution in [0.2, 0.25) is 0 Å². The molecule has 2 aliphatic rings. The lowest BCUT2D eigenvalue weighted by atomic mass is 10.2. The average molecular weight is 294 g/mol. The summed E-state index contributed by atoms with van der Waals surface area (Å²) in [6.45, 7) is 3.65. The van der Waals surface area contributed by atoms with Gasteiger partial charge in [-0.3, -0.25) is 4.90 Å². The van der Waals surface area contributed by atoms with Crippen molar-refractivity contribution in [2.75, 3.05) is 44.1 Å². The Morgan fingerprint density at radius 1 is 1.48 bits per heavy atom. The van der Waals surface area contributed by atoms with Crippen molar-refractivity contribution < 1.29 is 9.47 Å². The maximum absolute atomic E-state index is 5.91. The lowest BCUT2D eigenvalue weighted by Crippen LogP contribution is -2.48. The van der Waals surface area contributed by atoms with Gasteiger partial charge in [0.25, 0.3) is 0 Å². The molecule has 2 atom stereocenters. The number of hydrogen-bond donors (Lipinski definition) is 3. The molecule has 0 aliphatic carbocycles. The van der Waals surface area contributed by atoms with E-state index in [1.54, 1.807) is 7.11 Å². The van der Waals surface area contributed by atoms with Crippen molar-refractivity contribution in [2.24, 2.45) is 5.84 Å². The Balaban J connectivity index is 1.60. The van der Waals surface area contributed by atoms with E-state index in [1.165, 1.54) is 25.7 Å². The highest BCUT2D eigenvalue weighted by atomic mass is 16.5. The fourth-order valence-electron chi connectivity index (χ4n) is 3.02. The normalized spacial score (nSPS) is 25.4. The van der Waals surface area contributed by atoms with Crippen LogP contribution in [-0.4, -0.2) is 60.4 Å². The zero-order chi connectivity index (χ0) is 14.7. The topological polar surface area (TPSA) is 97.6 Å². The summed E-state index contributed by atoms with van der Waals surface area (Å²) in [7, 11) is 1.57. The number of ether oxygens (including phenoxy) is 2. The van der Waals surface area contributed by atoms with Gasteiger partial charge in [0.2, 0.25) is 5.75 Å². The van der Waals surface area contributed by atoms with Crippen molar-refractivity contribution in [3.8, 4) is 5.75 Å². The first-order valence-corrected chi connectivity index (χ1v) is 7.27. The number of methoxy groups -OCH3 is 1. The van der Waals surface area contributed by atoms with Gasteiger partial charge in [0.15, 0.2) is 11.6 Å². The molecule has 3 heterocycles. The minimum absolute atomic E-state index is 0.160. The lowest BCUT2D eigenvalue weighted by molar-refractivity contribution is -0.0416. The minimum Gasteiger partial charge on any atom is -0.490 e. The van der Waals surface area contributed by atoms with E-state index in [4.69, 9.17) is 15.3 Å². The fourth-order valence-corrected chi connectivity index (χ4v) is 3.02. The molecule has 3 rings (SSSR count). The number of aromatic nitrogens is 2. The summed E-state index contributed by atoms with van der Waals surface area (Å²) in [6.07, 6.45) is 4.14. The van der Waals surface area contributed by atoms with Gasteiger partial charge in [-0.15, -0.1) is 0 Å². The Morgan fingerprint density at radius 3 is 3.14 bits per heavy atom. The smallest absolute Gasteiger partial charge is 0.205 e. The molecule has 0 amide bonds. The molecular formula is C13H22N6O2.